The molecule has 3 atom stereocenters. The summed E-state index contributed by atoms with van der Waals surface area (Å²) in [6.07, 6.45) is 15.1. The van der Waals surface area contributed by atoms with Crippen molar-refractivity contribution in [1.29, 1.82) is 0 Å². The lowest BCUT2D eigenvalue weighted by Crippen LogP contribution is -2.46. The highest BCUT2D eigenvalue weighted by Crippen LogP contribution is 2.49. The van der Waals surface area contributed by atoms with E-state index in [-0.39, 0.29) is 5.82 Å². The quantitative estimate of drug-likeness (QED) is 0.404. The normalized spacial score (nSPS) is 21.1. The molecule has 1 N–H and O–H groups in total. The third kappa shape index (κ3) is 6.26. The monoisotopic (exact) mass is 452 g/mol. The fraction of sp³-hybridized carbons (Fsp3) is 0.607. The molecule has 2 aliphatic rings. The van der Waals surface area contributed by atoms with Crippen molar-refractivity contribution in [3.63, 3.8) is 0 Å². The summed E-state index contributed by atoms with van der Waals surface area (Å²) in [6.45, 7) is 9.49. The summed E-state index contributed by atoms with van der Waals surface area (Å²) in [4.78, 5) is 6.36. The van der Waals surface area contributed by atoms with E-state index in [0.717, 1.165) is 60.6 Å². The van der Waals surface area contributed by atoms with Crippen LogP contribution in [0.25, 0.3) is 0 Å². The molecule has 1 saturated carbocycles. The number of benzene rings is 1. The maximum atomic E-state index is 14.8. The molecule has 1 aromatic carbocycles. The molecule has 33 heavy (non-hydrogen) atoms. The summed E-state index contributed by atoms with van der Waals surface area (Å²) in [6, 6.07) is 6.29. The van der Waals surface area contributed by atoms with Crippen molar-refractivity contribution in [1.82, 2.24) is 19.8 Å². The summed E-state index contributed by atoms with van der Waals surface area (Å²) in [5.74, 6) is 2.63. The van der Waals surface area contributed by atoms with Crippen LogP contribution in [0.1, 0.15) is 62.6 Å². The second-order valence-corrected chi connectivity index (χ2v) is 10.2. The molecule has 5 heteroatoms. The van der Waals surface area contributed by atoms with Crippen molar-refractivity contribution in [2.75, 3.05) is 26.7 Å². The molecule has 180 valence electrons. The zero-order valence-electron chi connectivity index (χ0n) is 20.5. The summed E-state index contributed by atoms with van der Waals surface area (Å²) in [7, 11) is 2.05. The van der Waals surface area contributed by atoms with Crippen molar-refractivity contribution < 1.29 is 4.39 Å². The summed E-state index contributed by atoms with van der Waals surface area (Å²) in [5, 5.41) is 3.31. The number of imidazole rings is 1. The maximum Gasteiger partial charge on any atom is 0.127 e. The average molecular weight is 453 g/mol. The van der Waals surface area contributed by atoms with Crippen molar-refractivity contribution in [3.8, 4) is 0 Å². The first kappa shape index (κ1) is 24.0. The first-order chi connectivity index (χ1) is 16.1. The van der Waals surface area contributed by atoms with Crippen LogP contribution in [0.3, 0.4) is 0 Å². The molecule has 1 aromatic heterocycles. The van der Waals surface area contributed by atoms with E-state index in [0.29, 0.717) is 12.5 Å². The van der Waals surface area contributed by atoms with E-state index in [2.05, 4.69) is 46.4 Å². The van der Waals surface area contributed by atoms with Gasteiger partial charge in [-0.15, -0.1) is 0 Å². The Morgan fingerprint density at radius 1 is 1.30 bits per heavy atom. The van der Waals surface area contributed by atoms with Crippen LogP contribution < -0.4 is 5.32 Å². The molecule has 2 fully saturated rings. The Bertz CT molecular complexity index is 887. The Hall–Kier alpha value is -2.14. The van der Waals surface area contributed by atoms with E-state index in [1.807, 2.05) is 24.8 Å². The minimum absolute atomic E-state index is 0.0836. The Balaban J connectivity index is 1.18. The largest absolute Gasteiger partial charge is 0.371 e. The van der Waals surface area contributed by atoms with E-state index in [1.54, 1.807) is 6.07 Å². The van der Waals surface area contributed by atoms with Crippen LogP contribution in [-0.2, 0) is 12.8 Å². The molecule has 1 aliphatic heterocycles. The summed E-state index contributed by atoms with van der Waals surface area (Å²) in [5.41, 5.74) is 2.88. The van der Waals surface area contributed by atoms with Crippen LogP contribution in [0.4, 0.5) is 4.39 Å². The van der Waals surface area contributed by atoms with Crippen LogP contribution in [0.15, 0.2) is 49.2 Å². The van der Waals surface area contributed by atoms with Gasteiger partial charge in [0, 0.05) is 37.6 Å². The number of hydrogen-bond acceptors (Lipinski definition) is 3. The van der Waals surface area contributed by atoms with Crippen LogP contribution in [0.5, 0.6) is 0 Å². The number of aromatic nitrogens is 2. The van der Waals surface area contributed by atoms with Crippen LogP contribution >= 0.6 is 0 Å². The van der Waals surface area contributed by atoms with Crippen LogP contribution in [0.2, 0.25) is 0 Å². The van der Waals surface area contributed by atoms with Gasteiger partial charge in [-0.05, 0) is 80.6 Å². The first-order valence-corrected chi connectivity index (χ1v) is 12.9. The van der Waals surface area contributed by atoms with Crippen molar-refractivity contribution >= 4 is 0 Å². The second kappa shape index (κ2) is 11.3. The number of aryl methyl sites for hydroxylation is 1. The number of nitrogens with zero attached hydrogens (tertiary/aromatic N) is 3. The first-order valence-electron chi connectivity index (χ1n) is 12.9. The topological polar surface area (TPSA) is 33.1 Å². The van der Waals surface area contributed by atoms with E-state index < -0.39 is 0 Å². The fourth-order valence-electron chi connectivity index (χ4n) is 5.63. The number of likely N-dealkylation sites (tertiary alicyclic amines) is 1. The van der Waals surface area contributed by atoms with Gasteiger partial charge in [0.1, 0.15) is 5.82 Å². The highest BCUT2D eigenvalue weighted by molar-refractivity contribution is 5.28. The maximum absolute atomic E-state index is 14.8. The Labute approximate surface area is 199 Å². The Morgan fingerprint density at radius 3 is 2.85 bits per heavy atom. The molecule has 0 radical (unpaired) electrons. The van der Waals surface area contributed by atoms with Gasteiger partial charge < -0.3 is 14.8 Å². The molecule has 0 bridgehead atoms. The number of hydrogen-bond donors (Lipinski definition) is 1. The van der Waals surface area contributed by atoms with Crippen molar-refractivity contribution in [2.45, 2.75) is 64.3 Å². The molecule has 2 aromatic rings. The molecule has 2 heterocycles. The number of allylic oxidation sites excluding steroid dienone is 1. The third-order valence-corrected chi connectivity index (χ3v) is 7.82. The van der Waals surface area contributed by atoms with Gasteiger partial charge in [-0.3, -0.25) is 0 Å². The minimum atomic E-state index is -0.0836. The smallest absolute Gasteiger partial charge is 0.127 e. The molecule has 3 unspecified atom stereocenters. The summed E-state index contributed by atoms with van der Waals surface area (Å²) >= 11 is 0. The third-order valence-electron chi connectivity index (χ3n) is 7.82. The zero-order chi connectivity index (χ0) is 23.2. The predicted molar refractivity (Wildman–Crippen MR) is 134 cm³/mol. The van der Waals surface area contributed by atoms with E-state index in [9.17, 15) is 4.39 Å². The van der Waals surface area contributed by atoms with Gasteiger partial charge in [0.2, 0.25) is 0 Å². The molecular formula is C28H41FN4. The standard InChI is InChI=1S/C28H41FN4/c1-4-6-23(11-12-30-3)27-17-24(27)8-5-7-22-9-10-25(28(29)16-22)15-21(2)33-18-26(19-33)32-14-13-31-20-32/h9-10,13-14,16,20,23-24,26-27,30H,2,4-8,11-12,15,17-19H2,1,3H3. The Kier molecular flexibility index (Phi) is 8.24. The van der Waals surface area contributed by atoms with Gasteiger partial charge in [-0.25, -0.2) is 9.37 Å². The highest BCUT2D eigenvalue weighted by Gasteiger charge is 2.41. The molecule has 4 nitrogen and oxygen atoms in total. The fourth-order valence-corrected chi connectivity index (χ4v) is 5.63. The molecular weight excluding hydrogens is 411 g/mol. The lowest BCUT2D eigenvalue weighted by Gasteiger charge is -2.42. The number of rotatable bonds is 14. The average Bonchev–Trinajstić information content (AvgIpc) is 3.33. The number of halogens is 1. The Morgan fingerprint density at radius 2 is 2.15 bits per heavy atom. The zero-order valence-corrected chi connectivity index (χ0v) is 20.5. The van der Waals surface area contributed by atoms with Gasteiger partial charge in [0.05, 0.1) is 12.4 Å². The molecule has 1 saturated heterocycles. The van der Waals surface area contributed by atoms with Crippen LogP contribution in [0, 0.1) is 23.6 Å². The minimum Gasteiger partial charge on any atom is -0.371 e. The van der Waals surface area contributed by atoms with Gasteiger partial charge >= 0.3 is 0 Å². The highest BCUT2D eigenvalue weighted by atomic mass is 19.1. The second-order valence-electron chi connectivity index (χ2n) is 10.2. The molecule has 1 aliphatic carbocycles. The van der Waals surface area contributed by atoms with Crippen molar-refractivity contribution in [2.24, 2.45) is 17.8 Å². The summed E-state index contributed by atoms with van der Waals surface area (Å²) < 4.78 is 16.9. The van der Waals surface area contributed by atoms with E-state index in [1.165, 1.54) is 38.5 Å². The van der Waals surface area contributed by atoms with Crippen molar-refractivity contribution in [3.05, 3.63) is 66.1 Å². The molecule has 4 rings (SSSR count). The van der Waals surface area contributed by atoms with Gasteiger partial charge in [0.25, 0.3) is 0 Å². The predicted octanol–water partition coefficient (Wildman–Crippen LogP) is 5.62. The van der Waals surface area contributed by atoms with E-state index >= 15 is 0 Å². The van der Waals surface area contributed by atoms with E-state index in [4.69, 9.17) is 0 Å². The van der Waals surface area contributed by atoms with Gasteiger partial charge in [0.15, 0.2) is 0 Å². The lowest BCUT2D eigenvalue weighted by molar-refractivity contribution is 0.146. The molecule has 0 spiro atoms. The SMILES string of the molecule is C=C(Cc1ccc(CCCC2CC2C(CCC)CCNC)cc1F)N1CC(n2ccnc2)C1. The van der Waals surface area contributed by atoms with Crippen LogP contribution in [-0.4, -0.2) is 41.1 Å². The van der Waals surface area contributed by atoms with Gasteiger partial charge in [-0.2, -0.15) is 0 Å². The molecule has 0 amide bonds. The number of nitrogens with one attached hydrogen (secondary N) is 1. The van der Waals surface area contributed by atoms with Gasteiger partial charge in [-0.1, -0.05) is 38.5 Å². The lowest BCUT2D eigenvalue weighted by atomic mass is 9.92.